The minimum atomic E-state index is -0.551. The van der Waals surface area contributed by atoms with Crippen LogP contribution >= 0.6 is 0 Å². The van der Waals surface area contributed by atoms with Gasteiger partial charge in [0, 0.05) is 18.5 Å². The molecule has 6 rings (SSSR count). The molecule has 0 saturated carbocycles. The average Bonchev–Trinajstić information content (AvgIpc) is 3.21. The van der Waals surface area contributed by atoms with E-state index in [9.17, 15) is 9.18 Å². The molecule has 4 aromatic rings. The maximum Gasteiger partial charge on any atom is 0.272 e. The molecule has 9 nitrogen and oxygen atoms in total. The summed E-state index contributed by atoms with van der Waals surface area (Å²) in [6.07, 6.45) is 3.09. The number of aryl methyl sites for hydroxylation is 1. The second-order valence-corrected chi connectivity index (χ2v) is 9.14. The number of aromatic amines is 1. The predicted molar refractivity (Wildman–Crippen MR) is 128 cm³/mol. The van der Waals surface area contributed by atoms with E-state index in [1.54, 1.807) is 0 Å². The van der Waals surface area contributed by atoms with E-state index in [0.717, 1.165) is 31.6 Å². The fraction of sp³-hybridized carbons (Fsp3) is 0.360. The Hall–Kier alpha value is -3.63. The van der Waals surface area contributed by atoms with Gasteiger partial charge in [0.25, 0.3) is 5.56 Å². The third kappa shape index (κ3) is 3.88. The molecule has 0 radical (unpaired) electrons. The van der Waals surface area contributed by atoms with Crippen molar-refractivity contribution in [2.75, 3.05) is 18.6 Å². The first kappa shape index (κ1) is 21.9. The van der Waals surface area contributed by atoms with Crippen molar-refractivity contribution >= 4 is 16.5 Å². The van der Waals surface area contributed by atoms with E-state index in [4.69, 9.17) is 4.84 Å². The summed E-state index contributed by atoms with van der Waals surface area (Å²) in [5, 5.41) is 12.1. The molecule has 2 atom stereocenters. The first-order valence-corrected chi connectivity index (χ1v) is 11.9. The van der Waals surface area contributed by atoms with Crippen molar-refractivity contribution in [3.63, 3.8) is 0 Å². The van der Waals surface area contributed by atoms with Crippen molar-refractivity contribution in [1.82, 2.24) is 29.9 Å². The molecule has 4 heterocycles. The molecule has 2 aliphatic rings. The summed E-state index contributed by atoms with van der Waals surface area (Å²) in [6.45, 7) is 5.93. The molecular weight excluding hydrogens is 449 g/mol. The highest BCUT2D eigenvalue weighted by Crippen LogP contribution is 2.44. The molecule has 1 saturated heterocycles. The van der Waals surface area contributed by atoms with Crippen LogP contribution in [0.25, 0.3) is 10.8 Å². The van der Waals surface area contributed by atoms with Crippen molar-refractivity contribution in [2.24, 2.45) is 0 Å². The van der Waals surface area contributed by atoms with Crippen molar-refractivity contribution < 1.29 is 9.23 Å². The van der Waals surface area contributed by atoms with Gasteiger partial charge in [0.05, 0.1) is 22.7 Å². The van der Waals surface area contributed by atoms with E-state index in [-0.39, 0.29) is 5.39 Å². The monoisotopic (exact) mass is 475 g/mol. The Morgan fingerprint density at radius 3 is 2.77 bits per heavy atom. The maximum absolute atomic E-state index is 14.4. The van der Waals surface area contributed by atoms with Gasteiger partial charge in [-0.25, -0.2) is 19.2 Å². The number of likely N-dealkylation sites (tertiary alicyclic amines) is 1. The third-order valence-corrected chi connectivity index (χ3v) is 6.80. The van der Waals surface area contributed by atoms with Crippen molar-refractivity contribution in [2.45, 2.75) is 44.9 Å². The van der Waals surface area contributed by atoms with Gasteiger partial charge in [-0.2, -0.15) is 10.2 Å². The maximum atomic E-state index is 14.4. The Morgan fingerprint density at radius 2 is 2.03 bits per heavy atom. The van der Waals surface area contributed by atoms with E-state index in [1.807, 2.05) is 4.68 Å². The molecule has 180 valence electrons. The van der Waals surface area contributed by atoms with E-state index in [2.05, 4.69) is 61.8 Å². The predicted octanol–water partition coefficient (Wildman–Crippen LogP) is 3.50. The van der Waals surface area contributed by atoms with Gasteiger partial charge in [-0.1, -0.05) is 31.2 Å². The van der Waals surface area contributed by atoms with E-state index in [1.165, 1.54) is 30.4 Å². The van der Waals surface area contributed by atoms with Gasteiger partial charge in [0.1, 0.15) is 24.1 Å². The number of anilines is 1. The lowest BCUT2D eigenvalue weighted by Gasteiger charge is -2.30. The molecule has 0 amide bonds. The van der Waals surface area contributed by atoms with Gasteiger partial charge in [0.15, 0.2) is 0 Å². The van der Waals surface area contributed by atoms with Crippen LogP contribution in [0.5, 0.6) is 0 Å². The molecule has 2 N–H and O–H groups in total. The summed E-state index contributed by atoms with van der Waals surface area (Å²) in [5.41, 5.74) is 5.51. The van der Waals surface area contributed by atoms with Gasteiger partial charge in [-0.3, -0.25) is 20.0 Å². The van der Waals surface area contributed by atoms with Gasteiger partial charge in [-0.15, -0.1) is 0 Å². The number of aromatic nitrogens is 5. The van der Waals surface area contributed by atoms with Crippen molar-refractivity contribution in [1.29, 1.82) is 0 Å². The molecule has 2 aliphatic heterocycles. The van der Waals surface area contributed by atoms with Crippen molar-refractivity contribution in [3.05, 3.63) is 81.5 Å². The first-order valence-electron chi connectivity index (χ1n) is 11.9. The van der Waals surface area contributed by atoms with Crippen LogP contribution in [-0.2, 0) is 17.9 Å². The Morgan fingerprint density at radius 1 is 1.20 bits per heavy atom. The minimum Gasteiger partial charge on any atom is -0.299 e. The SMILES string of the molecule is CCCn1ncnc1C1c2n[nH]c(=O)c3cc(F)cc(c23)NOC1c1ccc(CN2CCC2)cc1. The Bertz CT molecular complexity index is 1430. The summed E-state index contributed by atoms with van der Waals surface area (Å²) in [6, 6.07) is 10.9. The molecule has 35 heavy (non-hydrogen) atoms. The molecule has 0 spiro atoms. The number of nitrogens with zero attached hydrogens (tertiary/aromatic N) is 5. The third-order valence-electron chi connectivity index (χ3n) is 6.80. The summed E-state index contributed by atoms with van der Waals surface area (Å²) < 4.78 is 16.2. The summed E-state index contributed by atoms with van der Waals surface area (Å²) in [7, 11) is 0. The van der Waals surface area contributed by atoms with Crippen LogP contribution in [0, 0.1) is 5.82 Å². The van der Waals surface area contributed by atoms with E-state index >= 15 is 0 Å². The standard InChI is InChI=1S/C25H26FN7O2/c1-2-8-33-24(27-14-28-33)21-22-20-18(25(34)30-29-22)11-17(26)12-19(20)31-35-23(21)16-6-4-15(5-7-16)13-32-9-3-10-32/h4-7,11-12,14,21,23,31H,2-3,8-10,13H2,1H3,(H,30,34). The number of nitrogens with one attached hydrogen (secondary N) is 2. The molecule has 0 bridgehead atoms. The number of halogens is 1. The smallest absolute Gasteiger partial charge is 0.272 e. The summed E-state index contributed by atoms with van der Waals surface area (Å²) in [5.74, 6) is -0.365. The number of hydrogen-bond donors (Lipinski definition) is 2. The van der Waals surface area contributed by atoms with Crippen LogP contribution in [0.1, 0.15) is 54.4 Å². The molecule has 2 unspecified atom stereocenters. The lowest BCUT2D eigenvalue weighted by atomic mass is 9.89. The van der Waals surface area contributed by atoms with Crippen LogP contribution in [-0.4, -0.2) is 43.0 Å². The molecular formula is C25H26FN7O2. The summed E-state index contributed by atoms with van der Waals surface area (Å²) in [4.78, 5) is 25.8. The highest BCUT2D eigenvalue weighted by Gasteiger charge is 2.38. The van der Waals surface area contributed by atoms with E-state index < -0.39 is 23.4 Å². The molecule has 1 fully saturated rings. The Balaban J connectivity index is 1.50. The number of benzene rings is 2. The lowest BCUT2D eigenvalue weighted by molar-refractivity contribution is 0.0844. The zero-order valence-electron chi connectivity index (χ0n) is 19.4. The normalized spacial score (nSPS) is 19.8. The van der Waals surface area contributed by atoms with Crippen LogP contribution in [0.2, 0.25) is 0 Å². The highest BCUT2D eigenvalue weighted by atomic mass is 19.1. The Kier molecular flexibility index (Phi) is 5.54. The summed E-state index contributed by atoms with van der Waals surface area (Å²) >= 11 is 0. The van der Waals surface area contributed by atoms with Gasteiger partial charge in [0.2, 0.25) is 0 Å². The van der Waals surface area contributed by atoms with Crippen LogP contribution in [0.15, 0.2) is 47.5 Å². The zero-order valence-corrected chi connectivity index (χ0v) is 19.4. The van der Waals surface area contributed by atoms with Gasteiger partial charge in [-0.05, 0) is 49.2 Å². The molecule has 10 heteroatoms. The first-order chi connectivity index (χ1) is 17.1. The number of H-pyrrole nitrogens is 1. The molecule has 0 aliphatic carbocycles. The highest BCUT2D eigenvalue weighted by molar-refractivity contribution is 5.95. The average molecular weight is 476 g/mol. The lowest BCUT2D eigenvalue weighted by Crippen LogP contribution is -2.36. The number of rotatable bonds is 6. The van der Waals surface area contributed by atoms with Crippen LogP contribution in [0.3, 0.4) is 0 Å². The largest absolute Gasteiger partial charge is 0.299 e. The topological polar surface area (TPSA) is 101 Å². The fourth-order valence-electron chi connectivity index (χ4n) is 4.96. The molecule has 2 aromatic heterocycles. The fourth-order valence-corrected chi connectivity index (χ4v) is 4.96. The van der Waals surface area contributed by atoms with Crippen LogP contribution in [0.4, 0.5) is 10.1 Å². The van der Waals surface area contributed by atoms with Crippen molar-refractivity contribution in [3.8, 4) is 0 Å². The van der Waals surface area contributed by atoms with Gasteiger partial charge < -0.3 is 0 Å². The second-order valence-electron chi connectivity index (χ2n) is 9.14. The van der Waals surface area contributed by atoms with Crippen LogP contribution < -0.4 is 11.0 Å². The quantitative estimate of drug-likeness (QED) is 0.440. The van der Waals surface area contributed by atoms with E-state index in [0.29, 0.717) is 29.1 Å². The molecule has 2 aromatic carbocycles. The zero-order chi connectivity index (χ0) is 23.9. The second kappa shape index (κ2) is 8.86. The number of hydrogen-bond acceptors (Lipinski definition) is 7. The minimum absolute atomic E-state index is 0.207. The Labute approximate surface area is 200 Å². The van der Waals surface area contributed by atoms with Gasteiger partial charge >= 0.3 is 0 Å².